The minimum absolute atomic E-state index is 0.0664. The first-order chi connectivity index (χ1) is 16.0. The van der Waals surface area contributed by atoms with Gasteiger partial charge in [-0.3, -0.25) is 4.79 Å². The second-order valence-corrected chi connectivity index (χ2v) is 17.3. The molecule has 1 amide bonds. The molecule has 8 heteroatoms. The molecule has 1 fully saturated rings. The lowest BCUT2D eigenvalue weighted by Gasteiger charge is -2.44. The van der Waals surface area contributed by atoms with Crippen LogP contribution in [0.3, 0.4) is 0 Å². The molecule has 7 nitrogen and oxygen atoms in total. The van der Waals surface area contributed by atoms with Crippen molar-refractivity contribution >= 4 is 26.5 Å². The van der Waals surface area contributed by atoms with Crippen LogP contribution in [-0.2, 0) is 15.6 Å². The number of ether oxygens (including phenoxy) is 1. The van der Waals surface area contributed by atoms with Crippen molar-refractivity contribution in [3.63, 3.8) is 0 Å². The Morgan fingerprint density at radius 1 is 1.17 bits per heavy atom. The Hall–Kier alpha value is -1.93. The van der Waals surface area contributed by atoms with Gasteiger partial charge in [0.25, 0.3) is 0 Å². The van der Waals surface area contributed by atoms with Crippen LogP contribution in [0.4, 0.5) is 10.6 Å². The van der Waals surface area contributed by atoms with Crippen LogP contribution in [0.15, 0.2) is 6.07 Å². The summed E-state index contributed by atoms with van der Waals surface area (Å²) in [7, 11) is -2.12. The summed E-state index contributed by atoms with van der Waals surface area (Å²) in [5.41, 5.74) is 1.84. The molecule has 2 aliphatic rings. The molecule has 2 aliphatic heterocycles. The summed E-state index contributed by atoms with van der Waals surface area (Å²) < 4.78 is 12.4. The van der Waals surface area contributed by atoms with E-state index in [1.54, 1.807) is 4.90 Å². The molecule has 1 saturated heterocycles. The van der Waals surface area contributed by atoms with Gasteiger partial charge in [0.2, 0.25) is 0 Å². The molecule has 0 N–H and O–H groups in total. The maximum atomic E-state index is 12.7. The third-order valence-electron chi connectivity index (χ3n) is 8.25. The first-order valence-electron chi connectivity index (χ1n) is 12.9. The molecular formula is C27H45N3O4Si. The van der Waals surface area contributed by atoms with Crippen molar-refractivity contribution in [3.05, 3.63) is 22.9 Å². The smallest absolute Gasteiger partial charge is 0.410 e. The molecule has 0 bridgehead atoms. The van der Waals surface area contributed by atoms with Gasteiger partial charge in [0.15, 0.2) is 14.6 Å². The Morgan fingerprint density at radius 3 is 2.34 bits per heavy atom. The first kappa shape index (κ1) is 27.7. The molecule has 0 saturated carbocycles. The van der Waals surface area contributed by atoms with E-state index in [2.05, 4.69) is 52.6 Å². The van der Waals surface area contributed by atoms with E-state index in [-0.39, 0.29) is 29.3 Å². The Balaban J connectivity index is 1.87. The molecule has 0 radical (unpaired) electrons. The zero-order valence-corrected chi connectivity index (χ0v) is 24.6. The zero-order chi connectivity index (χ0) is 26.5. The van der Waals surface area contributed by atoms with Gasteiger partial charge in [0.05, 0.1) is 17.8 Å². The van der Waals surface area contributed by atoms with Gasteiger partial charge >= 0.3 is 6.09 Å². The molecule has 0 aliphatic carbocycles. The minimum atomic E-state index is -2.12. The van der Waals surface area contributed by atoms with E-state index in [1.165, 1.54) is 0 Å². The van der Waals surface area contributed by atoms with Crippen molar-refractivity contribution in [2.24, 2.45) is 5.92 Å². The highest BCUT2D eigenvalue weighted by molar-refractivity contribution is 6.74. The van der Waals surface area contributed by atoms with Crippen LogP contribution in [0.1, 0.15) is 90.0 Å². The molecule has 3 heterocycles. The molecule has 0 aromatic carbocycles. The van der Waals surface area contributed by atoms with E-state index < -0.39 is 13.9 Å². The second-order valence-electron chi connectivity index (χ2n) is 12.7. The van der Waals surface area contributed by atoms with Crippen LogP contribution in [-0.4, -0.2) is 61.4 Å². The van der Waals surface area contributed by atoms with Crippen LogP contribution < -0.4 is 4.90 Å². The molecule has 0 unspecified atom stereocenters. The van der Waals surface area contributed by atoms with Gasteiger partial charge in [-0.25, -0.2) is 9.78 Å². The van der Waals surface area contributed by atoms with Crippen molar-refractivity contribution in [1.82, 2.24) is 9.88 Å². The minimum Gasteiger partial charge on any atom is -0.444 e. The summed E-state index contributed by atoms with van der Waals surface area (Å²) >= 11 is 0. The number of fused-ring (bicyclic) bond motifs is 3. The summed E-state index contributed by atoms with van der Waals surface area (Å²) in [5, 5.41) is 0.0664. The largest absolute Gasteiger partial charge is 0.444 e. The van der Waals surface area contributed by atoms with Crippen LogP contribution in [0, 0.1) is 5.92 Å². The first-order valence-corrected chi connectivity index (χ1v) is 15.8. The Morgan fingerprint density at radius 2 is 1.80 bits per heavy atom. The fourth-order valence-electron chi connectivity index (χ4n) is 5.17. The highest BCUT2D eigenvalue weighted by Crippen LogP contribution is 2.47. The fraction of sp³-hybridized carbons (Fsp3) is 0.741. The van der Waals surface area contributed by atoms with Gasteiger partial charge in [-0.05, 0) is 76.7 Å². The third kappa shape index (κ3) is 5.43. The lowest BCUT2D eigenvalue weighted by Crippen LogP contribution is -2.58. The molecule has 3 rings (SSSR count). The van der Waals surface area contributed by atoms with Gasteiger partial charge in [0.1, 0.15) is 11.4 Å². The predicted octanol–water partition coefficient (Wildman–Crippen LogP) is 5.98. The van der Waals surface area contributed by atoms with Gasteiger partial charge in [-0.1, -0.05) is 27.7 Å². The van der Waals surface area contributed by atoms with Crippen molar-refractivity contribution in [2.75, 3.05) is 18.0 Å². The monoisotopic (exact) mass is 503 g/mol. The number of carbonyl (C=O) groups excluding carboxylic acids is 2. The maximum absolute atomic E-state index is 12.7. The summed E-state index contributed by atoms with van der Waals surface area (Å²) in [4.78, 5) is 34.0. The van der Waals surface area contributed by atoms with E-state index in [4.69, 9.17) is 14.1 Å². The summed E-state index contributed by atoms with van der Waals surface area (Å²) in [6, 6.07) is 2.19. The third-order valence-corrected chi connectivity index (χ3v) is 12.9. The van der Waals surface area contributed by atoms with Gasteiger partial charge in [-0.2, -0.15) is 0 Å². The van der Waals surface area contributed by atoms with E-state index in [9.17, 15) is 9.59 Å². The number of anilines is 1. The van der Waals surface area contributed by atoms with Crippen molar-refractivity contribution in [2.45, 2.75) is 111 Å². The number of hydrogen-bond acceptors (Lipinski definition) is 6. The standard InChI is InChI=1S/C27H45N3O4Si/c1-17(2)27(8,9)35(10,11)34-19(4)23-21(16-31)12-20-13-22-15-29(25(32)33-26(5,6)7)14-18(3)30(22)24(20)28-23/h12,16-19,22H,13-15H2,1-11H3/t18-,19+,22-/m1/s1. The summed E-state index contributed by atoms with van der Waals surface area (Å²) in [6.45, 7) is 24.5. The number of pyridine rings is 1. The number of nitrogens with zero attached hydrogens (tertiary/aromatic N) is 3. The SMILES string of the molecule is CC(C)C(C)(C)[Si](C)(C)O[C@@H](C)c1nc2c(cc1C=O)C[C@@H]1CN(C(=O)OC(C)(C)C)C[C@@H](C)N21. The molecule has 196 valence electrons. The lowest BCUT2D eigenvalue weighted by atomic mass is 9.99. The topological polar surface area (TPSA) is 72.0 Å². The van der Waals surface area contributed by atoms with E-state index >= 15 is 0 Å². The van der Waals surface area contributed by atoms with Crippen molar-refractivity contribution in [1.29, 1.82) is 0 Å². The number of hydrogen-bond donors (Lipinski definition) is 0. The molecule has 0 spiro atoms. The average molecular weight is 504 g/mol. The Kier molecular flexibility index (Phi) is 7.51. The van der Waals surface area contributed by atoms with E-state index in [0.717, 1.165) is 24.1 Å². The van der Waals surface area contributed by atoms with Crippen molar-refractivity contribution < 1.29 is 18.8 Å². The number of carbonyl (C=O) groups is 2. The molecule has 1 aromatic heterocycles. The highest BCUT2D eigenvalue weighted by atomic mass is 28.4. The van der Waals surface area contributed by atoms with Crippen LogP contribution in [0.5, 0.6) is 0 Å². The fourth-order valence-corrected chi connectivity index (χ4v) is 7.86. The van der Waals surface area contributed by atoms with Crippen LogP contribution >= 0.6 is 0 Å². The van der Waals surface area contributed by atoms with E-state index in [1.807, 2.05) is 33.8 Å². The van der Waals surface area contributed by atoms with Gasteiger partial charge in [0, 0.05) is 24.7 Å². The number of aldehydes is 1. The van der Waals surface area contributed by atoms with Gasteiger partial charge < -0.3 is 19.0 Å². The zero-order valence-electron chi connectivity index (χ0n) is 23.6. The highest BCUT2D eigenvalue weighted by Gasteiger charge is 2.46. The lowest BCUT2D eigenvalue weighted by molar-refractivity contribution is 0.0191. The number of amides is 1. The van der Waals surface area contributed by atoms with Crippen LogP contribution in [0.25, 0.3) is 0 Å². The predicted molar refractivity (Wildman–Crippen MR) is 143 cm³/mol. The summed E-state index contributed by atoms with van der Waals surface area (Å²) in [6.07, 6.45) is 1.10. The summed E-state index contributed by atoms with van der Waals surface area (Å²) in [5.74, 6) is 1.41. The Bertz CT molecular complexity index is 970. The second kappa shape index (κ2) is 9.50. The molecule has 3 atom stereocenters. The number of piperazine rings is 1. The quantitative estimate of drug-likeness (QED) is 0.351. The van der Waals surface area contributed by atoms with Gasteiger partial charge in [-0.15, -0.1) is 0 Å². The van der Waals surface area contributed by atoms with Crippen LogP contribution in [0.2, 0.25) is 18.1 Å². The Labute approximate surface area is 212 Å². The number of rotatable bonds is 6. The molecule has 35 heavy (non-hydrogen) atoms. The van der Waals surface area contributed by atoms with E-state index in [0.29, 0.717) is 30.3 Å². The molecular weight excluding hydrogens is 458 g/mol. The maximum Gasteiger partial charge on any atom is 0.410 e. The normalized spacial score (nSPS) is 21.6. The number of aromatic nitrogens is 1. The average Bonchev–Trinajstić information content (AvgIpc) is 3.08. The molecule has 1 aromatic rings. The van der Waals surface area contributed by atoms with Crippen molar-refractivity contribution in [3.8, 4) is 0 Å².